The third-order valence-corrected chi connectivity index (χ3v) is 2.73. The van der Waals surface area contributed by atoms with E-state index in [2.05, 4.69) is 12.2 Å². The summed E-state index contributed by atoms with van der Waals surface area (Å²) in [7, 11) is 0. The third-order valence-electron chi connectivity index (χ3n) is 2.73. The SMILES string of the molecule is OC1C/C=C/CCCCCCCC1. The Labute approximate surface area is 81.9 Å². The van der Waals surface area contributed by atoms with Gasteiger partial charge in [0.2, 0.25) is 0 Å². The molecular weight excluding hydrogens is 160 g/mol. The summed E-state index contributed by atoms with van der Waals surface area (Å²) >= 11 is 0. The Morgan fingerprint density at radius 1 is 0.846 bits per heavy atom. The molecule has 0 heterocycles. The Balaban J connectivity index is 2.22. The lowest BCUT2D eigenvalue weighted by molar-refractivity contribution is 0.163. The van der Waals surface area contributed by atoms with Crippen LogP contribution in [0.3, 0.4) is 0 Å². The number of allylic oxidation sites excluding steroid dienone is 1. The van der Waals surface area contributed by atoms with Gasteiger partial charge in [-0.3, -0.25) is 0 Å². The van der Waals surface area contributed by atoms with Gasteiger partial charge in [-0.1, -0.05) is 44.3 Å². The molecule has 13 heavy (non-hydrogen) atoms. The van der Waals surface area contributed by atoms with Gasteiger partial charge in [-0.2, -0.15) is 0 Å². The van der Waals surface area contributed by atoms with Crippen molar-refractivity contribution in [3.8, 4) is 0 Å². The zero-order valence-electron chi connectivity index (χ0n) is 8.54. The number of hydrogen-bond acceptors (Lipinski definition) is 1. The van der Waals surface area contributed by atoms with Crippen LogP contribution in [0.4, 0.5) is 0 Å². The summed E-state index contributed by atoms with van der Waals surface area (Å²) in [6.45, 7) is 0. The van der Waals surface area contributed by atoms with E-state index in [1.165, 1.54) is 44.9 Å². The van der Waals surface area contributed by atoms with Gasteiger partial charge >= 0.3 is 0 Å². The molecule has 76 valence electrons. The van der Waals surface area contributed by atoms with Gasteiger partial charge in [-0.15, -0.1) is 0 Å². The monoisotopic (exact) mass is 182 g/mol. The van der Waals surface area contributed by atoms with Crippen LogP contribution in [0.2, 0.25) is 0 Å². The normalized spacial score (nSPS) is 30.1. The largest absolute Gasteiger partial charge is 0.393 e. The number of hydrogen-bond donors (Lipinski definition) is 1. The molecule has 1 atom stereocenters. The minimum atomic E-state index is -0.0873. The molecule has 0 amide bonds. The smallest absolute Gasteiger partial charge is 0.0574 e. The number of aliphatic hydroxyl groups excluding tert-OH is 1. The lowest BCUT2D eigenvalue weighted by Gasteiger charge is -2.08. The fourth-order valence-electron chi connectivity index (χ4n) is 1.84. The Morgan fingerprint density at radius 3 is 2.38 bits per heavy atom. The van der Waals surface area contributed by atoms with Crippen molar-refractivity contribution in [2.75, 3.05) is 0 Å². The molecule has 1 aliphatic rings. The van der Waals surface area contributed by atoms with E-state index in [0.717, 1.165) is 12.8 Å². The maximum atomic E-state index is 9.54. The highest BCUT2D eigenvalue weighted by Gasteiger charge is 2.01. The van der Waals surface area contributed by atoms with Crippen molar-refractivity contribution in [2.24, 2.45) is 0 Å². The molecule has 0 aromatic heterocycles. The molecule has 1 unspecified atom stereocenters. The predicted octanol–water partition coefficient (Wildman–Crippen LogP) is 3.43. The van der Waals surface area contributed by atoms with E-state index in [-0.39, 0.29) is 6.10 Å². The Hall–Kier alpha value is -0.300. The highest BCUT2D eigenvalue weighted by atomic mass is 16.3. The van der Waals surface area contributed by atoms with Crippen LogP contribution in [0.25, 0.3) is 0 Å². The van der Waals surface area contributed by atoms with Crippen molar-refractivity contribution in [3.05, 3.63) is 12.2 Å². The minimum Gasteiger partial charge on any atom is -0.393 e. The van der Waals surface area contributed by atoms with Crippen LogP contribution in [-0.4, -0.2) is 11.2 Å². The summed E-state index contributed by atoms with van der Waals surface area (Å²) in [6, 6.07) is 0. The molecule has 0 bridgehead atoms. The van der Waals surface area contributed by atoms with E-state index in [0.29, 0.717) is 0 Å². The van der Waals surface area contributed by atoms with Gasteiger partial charge in [0.1, 0.15) is 0 Å². The van der Waals surface area contributed by atoms with Crippen LogP contribution in [-0.2, 0) is 0 Å². The molecule has 1 heteroatoms. The van der Waals surface area contributed by atoms with Crippen molar-refractivity contribution in [2.45, 2.75) is 63.9 Å². The standard InChI is InChI=1S/C12H22O/c13-12-10-8-6-4-2-1-3-5-7-9-11-12/h6,8,12-13H,1-5,7,9-11H2/b8-6+. The second-order valence-corrected chi connectivity index (χ2v) is 4.06. The van der Waals surface area contributed by atoms with Gasteiger partial charge in [-0.05, 0) is 25.7 Å². The van der Waals surface area contributed by atoms with E-state index in [1.54, 1.807) is 0 Å². The van der Waals surface area contributed by atoms with Gasteiger partial charge < -0.3 is 5.11 Å². The van der Waals surface area contributed by atoms with Crippen LogP contribution in [0.15, 0.2) is 12.2 Å². The van der Waals surface area contributed by atoms with Gasteiger partial charge in [0.15, 0.2) is 0 Å². The molecule has 0 aromatic rings. The lowest BCUT2D eigenvalue weighted by Crippen LogP contribution is -2.04. The molecular formula is C12H22O. The fourth-order valence-corrected chi connectivity index (χ4v) is 1.84. The summed E-state index contributed by atoms with van der Waals surface area (Å²) in [5, 5.41) is 9.54. The maximum Gasteiger partial charge on any atom is 0.0574 e. The van der Waals surface area contributed by atoms with Gasteiger partial charge in [0.25, 0.3) is 0 Å². The molecule has 0 aromatic carbocycles. The van der Waals surface area contributed by atoms with Crippen LogP contribution >= 0.6 is 0 Å². The van der Waals surface area contributed by atoms with Crippen LogP contribution < -0.4 is 0 Å². The Bertz CT molecular complexity index is 140. The summed E-state index contributed by atoms with van der Waals surface area (Å²) in [5.74, 6) is 0. The molecule has 0 fully saturated rings. The maximum absolute atomic E-state index is 9.54. The Kier molecular flexibility index (Phi) is 5.92. The van der Waals surface area contributed by atoms with Crippen LogP contribution in [0, 0.1) is 0 Å². The van der Waals surface area contributed by atoms with E-state index in [4.69, 9.17) is 0 Å². The third kappa shape index (κ3) is 5.87. The topological polar surface area (TPSA) is 20.2 Å². The molecule has 1 aliphatic carbocycles. The molecule has 0 saturated carbocycles. The second-order valence-electron chi connectivity index (χ2n) is 4.06. The molecule has 1 nitrogen and oxygen atoms in total. The summed E-state index contributed by atoms with van der Waals surface area (Å²) in [4.78, 5) is 0. The van der Waals surface area contributed by atoms with Crippen LogP contribution in [0.5, 0.6) is 0 Å². The molecule has 1 rings (SSSR count). The number of aliphatic hydroxyl groups is 1. The van der Waals surface area contributed by atoms with E-state index in [1.807, 2.05) is 0 Å². The van der Waals surface area contributed by atoms with E-state index < -0.39 is 0 Å². The van der Waals surface area contributed by atoms with E-state index in [9.17, 15) is 5.11 Å². The van der Waals surface area contributed by atoms with Gasteiger partial charge in [0, 0.05) is 0 Å². The highest BCUT2D eigenvalue weighted by molar-refractivity contribution is 4.84. The van der Waals surface area contributed by atoms with Crippen molar-refractivity contribution >= 4 is 0 Å². The number of rotatable bonds is 0. The minimum absolute atomic E-state index is 0.0873. The highest BCUT2D eigenvalue weighted by Crippen LogP contribution is 2.13. The Morgan fingerprint density at radius 2 is 1.54 bits per heavy atom. The average molecular weight is 182 g/mol. The summed E-state index contributed by atoms with van der Waals surface area (Å²) < 4.78 is 0. The van der Waals surface area contributed by atoms with Gasteiger partial charge in [-0.25, -0.2) is 0 Å². The first-order chi connectivity index (χ1) is 6.39. The quantitative estimate of drug-likeness (QED) is 0.569. The lowest BCUT2D eigenvalue weighted by atomic mass is 10.0. The van der Waals surface area contributed by atoms with E-state index >= 15 is 0 Å². The molecule has 0 spiro atoms. The van der Waals surface area contributed by atoms with Crippen molar-refractivity contribution in [3.63, 3.8) is 0 Å². The average Bonchev–Trinajstić information content (AvgIpc) is 2.11. The van der Waals surface area contributed by atoms with Gasteiger partial charge in [0.05, 0.1) is 6.10 Å². The predicted molar refractivity (Wildman–Crippen MR) is 56.7 cm³/mol. The first kappa shape index (κ1) is 10.8. The van der Waals surface area contributed by atoms with Crippen molar-refractivity contribution in [1.82, 2.24) is 0 Å². The molecule has 0 radical (unpaired) electrons. The zero-order valence-corrected chi connectivity index (χ0v) is 8.54. The zero-order chi connectivity index (χ0) is 9.36. The fraction of sp³-hybridized carbons (Fsp3) is 0.833. The first-order valence-corrected chi connectivity index (χ1v) is 5.72. The summed E-state index contributed by atoms with van der Waals surface area (Å²) in [5.41, 5.74) is 0. The molecule has 0 aliphatic heterocycles. The molecule has 1 N–H and O–H groups in total. The second kappa shape index (κ2) is 7.14. The molecule has 0 saturated heterocycles. The summed E-state index contributed by atoms with van der Waals surface area (Å²) in [6.07, 6.45) is 15.3. The van der Waals surface area contributed by atoms with Crippen LogP contribution in [0.1, 0.15) is 57.8 Å². The van der Waals surface area contributed by atoms with Crippen molar-refractivity contribution < 1.29 is 5.11 Å². The first-order valence-electron chi connectivity index (χ1n) is 5.72. The van der Waals surface area contributed by atoms with Crippen molar-refractivity contribution in [1.29, 1.82) is 0 Å².